The third kappa shape index (κ3) is 3.13. The molecule has 0 spiro atoms. The Hall–Kier alpha value is -2.57. The number of amides is 2. The number of carbonyl (C=O) groups excluding carboxylic acids is 3. The molecule has 0 aromatic heterocycles. The quantitative estimate of drug-likeness (QED) is 0.846. The van der Waals surface area contributed by atoms with Crippen molar-refractivity contribution in [3.63, 3.8) is 0 Å². The van der Waals surface area contributed by atoms with Gasteiger partial charge in [-0.25, -0.2) is 14.4 Å². The fraction of sp³-hybridized carbons (Fsp3) is 0.357. The van der Waals surface area contributed by atoms with Crippen molar-refractivity contribution in [3.05, 3.63) is 29.3 Å². The Balaban J connectivity index is 2.46. The molecule has 0 aliphatic carbocycles. The SMILES string of the molecule is COC(=O)c1cc(C(=O)OC)cc(N2CCCNC2=O)c1. The van der Waals surface area contributed by atoms with E-state index in [0.29, 0.717) is 18.8 Å². The smallest absolute Gasteiger partial charge is 0.337 e. The number of hydrogen-bond donors (Lipinski definition) is 1. The summed E-state index contributed by atoms with van der Waals surface area (Å²) in [5.74, 6) is -1.17. The number of nitrogens with zero attached hydrogens (tertiary/aromatic N) is 1. The Morgan fingerprint density at radius 3 is 2.14 bits per heavy atom. The molecule has 21 heavy (non-hydrogen) atoms. The van der Waals surface area contributed by atoms with Gasteiger partial charge in [0, 0.05) is 18.8 Å². The molecule has 0 saturated carbocycles. The predicted octanol–water partition coefficient (Wildman–Crippen LogP) is 1.18. The molecule has 7 nitrogen and oxygen atoms in total. The van der Waals surface area contributed by atoms with Crippen LogP contribution < -0.4 is 10.2 Å². The van der Waals surface area contributed by atoms with Crippen molar-refractivity contribution in [2.24, 2.45) is 0 Å². The van der Waals surface area contributed by atoms with E-state index in [1.54, 1.807) is 0 Å². The van der Waals surface area contributed by atoms with Gasteiger partial charge in [0.15, 0.2) is 0 Å². The summed E-state index contributed by atoms with van der Waals surface area (Å²) >= 11 is 0. The van der Waals surface area contributed by atoms with Gasteiger partial charge in [0.1, 0.15) is 0 Å². The molecule has 1 aliphatic rings. The van der Waals surface area contributed by atoms with Crippen LogP contribution in [-0.4, -0.2) is 45.3 Å². The lowest BCUT2D eigenvalue weighted by Gasteiger charge is -2.28. The topological polar surface area (TPSA) is 84.9 Å². The van der Waals surface area contributed by atoms with Crippen molar-refractivity contribution in [2.45, 2.75) is 6.42 Å². The van der Waals surface area contributed by atoms with Crippen LogP contribution in [0.1, 0.15) is 27.1 Å². The maximum absolute atomic E-state index is 11.9. The van der Waals surface area contributed by atoms with Crippen LogP contribution in [0, 0.1) is 0 Å². The number of carbonyl (C=O) groups is 3. The lowest BCUT2D eigenvalue weighted by atomic mass is 10.1. The zero-order valence-corrected chi connectivity index (χ0v) is 11.8. The summed E-state index contributed by atoms with van der Waals surface area (Å²) < 4.78 is 9.33. The first-order valence-electron chi connectivity index (χ1n) is 6.44. The minimum atomic E-state index is -0.584. The summed E-state index contributed by atoms with van der Waals surface area (Å²) in [6, 6.07) is 4.15. The Bertz CT molecular complexity index is 550. The normalized spacial score (nSPS) is 14.4. The molecule has 2 rings (SSSR count). The van der Waals surface area contributed by atoms with Gasteiger partial charge < -0.3 is 14.8 Å². The highest BCUT2D eigenvalue weighted by molar-refractivity contribution is 6.00. The van der Waals surface area contributed by atoms with Crippen molar-refractivity contribution >= 4 is 23.7 Å². The Labute approximate surface area is 121 Å². The van der Waals surface area contributed by atoms with E-state index in [1.807, 2.05) is 0 Å². The highest BCUT2D eigenvalue weighted by Gasteiger charge is 2.22. The summed E-state index contributed by atoms with van der Waals surface area (Å²) in [6.07, 6.45) is 0.780. The number of anilines is 1. The standard InChI is InChI=1S/C14H16N2O5/c1-20-12(17)9-6-10(13(18)21-2)8-11(7-9)16-5-3-4-15-14(16)19/h6-8H,3-5H2,1-2H3,(H,15,19). The van der Waals surface area contributed by atoms with E-state index in [-0.39, 0.29) is 17.2 Å². The molecule has 1 N–H and O–H groups in total. The van der Waals surface area contributed by atoms with Crippen molar-refractivity contribution in [1.29, 1.82) is 0 Å². The van der Waals surface area contributed by atoms with Crippen LogP contribution in [0.3, 0.4) is 0 Å². The number of hydrogen-bond acceptors (Lipinski definition) is 5. The van der Waals surface area contributed by atoms with Crippen molar-refractivity contribution < 1.29 is 23.9 Å². The second-order valence-corrected chi connectivity index (χ2v) is 4.49. The molecule has 0 bridgehead atoms. The van der Waals surface area contributed by atoms with E-state index >= 15 is 0 Å². The molecule has 1 aromatic rings. The number of rotatable bonds is 3. The number of esters is 2. The van der Waals surface area contributed by atoms with Gasteiger partial charge >= 0.3 is 18.0 Å². The second-order valence-electron chi connectivity index (χ2n) is 4.49. The van der Waals surface area contributed by atoms with Gasteiger partial charge in [-0.1, -0.05) is 0 Å². The van der Waals surface area contributed by atoms with E-state index < -0.39 is 11.9 Å². The van der Waals surface area contributed by atoms with Gasteiger partial charge in [0.05, 0.1) is 25.3 Å². The second kappa shape index (κ2) is 6.25. The first kappa shape index (κ1) is 14.8. The van der Waals surface area contributed by atoms with Crippen LogP contribution in [0.25, 0.3) is 0 Å². The maximum Gasteiger partial charge on any atom is 0.337 e. The lowest BCUT2D eigenvalue weighted by Crippen LogP contribution is -2.46. The van der Waals surface area contributed by atoms with E-state index in [9.17, 15) is 14.4 Å². The molecular weight excluding hydrogens is 276 g/mol. The molecule has 1 heterocycles. The van der Waals surface area contributed by atoms with E-state index in [4.69, 9.17) is 0 Å². The molecule has 1 aromatic carbocycles. The predicted molar refractivity (Wildman–Crippen MR) is 74.5 cm³/mol. The minimum absolute atomic E-state index is 0.189. The summed E-state index contributed by atoms with van der Waals surface area (Å²) in [7, 11) is 2.50. The molecule has 0 unspecified atom stereocenters. The third-order valence-corrected chi connectivity index (χ3v) is 3.15. The fourth-order valence-electron chi connectivity index (χ4n) is 2.11. The van der Waals surface area contributed by atoms with Crippen molar-refractivity contribution in [1.82, 2.24) is 5.32 Å². The molecule has 1 aliphatic heterocycles. The average Bonchev–Trinajstić information content (AvgIpc) is 2.53. The lowest BCUT2D eigenvalue weighted by molar-refractivity contribution is 0.0599. The van der Waals surface area contributed by atoms with Crippen molar-refractivity contribution in [3.8, 4) is 0 Å². The van der Waals surface area contributed by atoms with Crippen LogP contribution in [0.5, 0.6) is 0 Å². The molecule has 0 radical (unpaired) electrons. The molecule has 7 heteroatoms. The number of urea groups is 1. The van der Waals surface area contributed by atoms with Gasteiger partial charge in [-0.05, 0) is 24.6 Å². The monoisotopic (exact) mass is 292 g/mol. The van der Waals surface area contributed by atoms with Crippen LogP contribution in [0.2, 0.25) is 0 Å². The van der Waals surface area contributed by atoms with Gasteiger partial charge in [-0.3, -0.25) is 4.90 Å². The van der Waals surface area contributed by atoms with Crippen LogP contribution in [0.4, 0.5) is 10.5 Å². The zero-order valence-electron chi connectivity index (χ0n) is 11.8. The average molecular weight is 292 g/mol. The maximum atomic E-state index is 11.9. The molecule has 2 amide bonds. The fourth-order valence-corrected chi connectivity index (χ4v) is 2.11. The summed E-state index contributed by atoms with van der Waals surface area (Å²) in [4.78, 5) is 36.8. The van der Waals surface area contributed by atoms with Gasteiger partial charge in [-0.15, -0.1) is 0 Å². The first-order chi connectivity index (χ1) is 10.1. The third-order valence-electron chi connectivity index (χ3n) is 3.15. The van der Waals surface area contributed by atoms with Gasteiger partial charge in [0.2, 0.25) is 0 Å². The number of nitrogens with one attached hydrogen (secondary N) is 1. The minimum Gasteiger partial charge on any atom is -0.465 e. The highest BCUT2D eigenvalue weighted by atomic mass is 16.5. The van der Waals surface area contributed by atoms with E-state index in [2.05, 4.69) is 14.8 Å². The van der Waals surface area contributed by atoms with Crippen LogP contribution in [-0.2, 0) is 9.47 Å². The summed E-state index contributed by atoms with van der Waals surface area (Å²) in [5.41, 5.74) is 0.832. The molecule has 1 fully saturated rings. The summed E-state index contributed by atoms with van der Waals surface area (Å²) in [5, 5.41) is 2.71. The van der Waals surface area contributed by atoms with Gasteiger partial charge in [-0.2, -0.15) is 0 Å². The van der Waals surface area contributed by atoms with Crippen LogP contribution in [0.15, 0.2) is 18.2 Å². The highest BCUT2D eigenvalue weighted by Crippen LogP contribution is 2.22. The van der Waals surface area contributed by atoms with E-state index in [0.717, 1.165) is 6.42 Å². The Morgan fingerprint density at radius 2 is 1.67 bits per heavy atom. The summed E-state index contributed by atoms with van der Waals surface area (Å²) in [6.45, 7) is 1.12. The molecular formula is C14H16N2O5. The zero-order chi connectivity index (χ0) is 15.4. The largest absolute Gasteiger partial charge is 0.465 e. The van der Waals surface area contributed by atoms with Crippen molar-refractivity contribution in [2.75, 3.05) is 32.2 Å². The number of ether oxygens (including phenoxy) is 2. The molecule has 1 saturated heterocycles. The van der Waals surface area contributed by atoms with Crippen LogP contribution >= 0.6 is 0 Å². The van der Waals surface area contributed by atoms with Gasteiger partial charge in [0.25, 0.3) is 0 Å². The first-order valence-corrected chi connectivity index (χ1v) is 6.44. The Morgan fingerprint density at radius 1 is 1.10 bits per heavy atom. The van der Waals surface area contributed by atoms with E-state index in [1.165, 1.54) is 37.3 Å². The number of benzene rings is 1. The number of methoxy groups -OCH3 is 2. The Kier molecular flexibility index (Phi) is 4.42. The molecule has 112 valence electrons. The molecule has 0 atom stereocenters.